The van der Waals surface area contributed by atoms with Crippen LogP contribution in [0.5, 0.6) is 5.75 Å². The van der Waals surface area contributed by atoms with Crippen molar-refractivity contribution in [3.8, 4) is 5.75 Å². The summed E-state index contributed by atoms with van der Waals surface area (Å²) in [5, 5.41) is 1.30. The molecular weight excluding hydrogens is 291 g/mol. The Morgan fingerprint density at radius 2 is 2.22 bits per heavy atom. The Hall–Kier alpha value is -0.831. The van der Waals surface area contributed by atoms with Gasteiger partial charge in [-0.05, 0) is 0 Å². The van der Waals surface area contributed by atoms with Gasteiger partial charge in [0.25, 0.3) is 0 Å². The van der Waals surface area contributed by atoms with Crippen molar-refractivity contribution in [2.24, 2.45) is 0 Å². The maximum atomic E-state index is 5.26. The molecule has 0 amide bonds. The molecule has 0 saturated heterocycles. The van der Waals surface area contributed by atoms with Crippen LogP contribution in [0.4, 0.5) is 0 Å². The molecule has 18 heavy (non-hydrogen) atoms. The molecule has 0 saturated carbocycles. The summed E-state index contributed by atoms with van der Waals surface area (Å²) < 4.78 is 6.50. The number of aromatic nitrogens is 1. The molecule has 0 unspecified atom stereocenters. The zero-order valence-corrected chi connectivity index (χ0v) is 13.1. The molecule has 2 aromatic heterocycles. The van der Waals surface area contributed by atoms with Gasteiger partial charge in [0.2, 0.25) is 0 Å². The van der Waals surface area contributed by atoms with Crippen molar-refractivity contribution in [3.05, 3.63) is 22.8 Å². The summed E-state index contributed by atoms with van der Waals surface area (Å²) in [5.41, 5.74) is 1.43. The summed E-state index contributed by atoms with van der Waals surface area (Å²) in [5.74, 6) is 0.856. The van der Waals surface area contributed by atoms with E-state index < -0.39 is 0 Å². The van der Waals surface area contributed by atoms with E-state index in [-0.39, 0.29) is 0 Å². The first kappa shape index (κ1) is 13.6. The molecule has 2 heterocycles. The zero-order valence-electron chi connectivity index (χ0n) is 11.4. The third kappa shape index (κ3) is 2.94. The number of fused-ring (bicyclic) bond motifs is 1. The Balaban J connectivity index is 2.18. The van der Waals surface area contributed by atoms with Crippen LogP contribution < -0.4 is 4.74 Å². The number of ether oxygens (including phenoxy) is 1. The van der Waals surface area contributed by atoms with Gasteiger partial charge in [-0.25, -0.2) is 0 Å². The van der Waals surface area contributed by atoms with Gasteiger partial charge in [-0.2, -0.15) is 0 Å². The number of hydrogen-bond acceptors (Lipinski definition) is 3. The third-order valence-corrected chi connectivity index (χ3v) is 5.33. The van der Waals surface area contributed by atoms with E-state index in [2.05, 4.69) is 41.8 Å². The molecule has 0 aliphatic rings. The fraction of sp³-hybridized carbons (Fsp3) is 0.500. The Labute approximate surface area is 115 Å². The van der Waals surface area contributed by atoms with E-state index in [1.54, 1.807) is 7.11 Å². The summed E-state index contributed by atoms with van der Waals surface area (Å²) in [7, 11) is 3.87. The van der Waals surface area contributed by atoms with Crippen LogP contribution in [0.25, 0.3) is 9.78 Å². The van der Waals surface area contributed by atoms with Crippen LogP contribution in [0.3, 0.4) is 0 Å². The molecule has 0 N–H and O–H groups in total. The second-order valence-electron chi connectivity index (χ2n) is 4.81. The van der Waals surface area contributed by atoms with E-state index in [0.717, 1.165) is 18.7 Å². The van der Waals surface area contributed by atoms with Crippen molar-refractivity contribution in [2.45, 2.75) is 26.3 Å². The Morgan fingerprint density at radius 1 is 1.44 bits per heavy atom. The van der Waals surface area contributed by atoms with Crippen LogP contribution in [0.15, 0.2) is 17.2 Å². The number of hydrogen-bond donors (Lipinski definition) is 0. The van der Waals surface area contributed by atoms with E-state index in [4.69, 9.17) is 4.74 Å². The van der Waals surface area contributed by atoms with Crippen LogP contribution >= 0.6 is 0 Å². The summed E-state index contributed by atoms with van der Waals surface area (Å²) in [6.45, 7) is 5.55. The van der Waals surface area contributed by atoms with Crippen LogP contribution in [-0.4, -0.2) is 51.1 Å². The summed E-state index contributed by atoms with van der Waals surface area (Å²) in [4.78, 5) is 9.21. The van der Waals surface area contributed by atoms with E-state index in [9.17, 15) is 0 Å². The van der Waals surface area contributed by atoms with Gasteiger partial charge in [0, 0.05) is 0 Å². The molecule has 0 aliphatic heterocycles. The van der Waals surface area contributed by atoms with Gasteiger partial charge in [-0.1, -0.05) is 0 Å². The number of rotatable bonds is 5. The predicted octanol–water partition coefficient (Wildman–Crippen LogP) is 2.18. The Bertz CT molecular complexity index is 521. The molecule has 98 valence electrons. The normalized spacial score (nSPS) is 11.7. The van der Waals surface area contributed by atoms with Gasteiger partial charge < -0.3 is 0 Å². The van der Waals surface area contributed by atoms with Crippen LogP contribution in [-0.2, 0) is 6.42 Å². The number of pyridine rings is 1. The SMILES string of the molecule is COc1cnc2[se]cc(CCN(C)C(C)C)c2c1. The van der Waals surface area contributed by atoms with Crippen molar-refractivity contribution in [3.63, 3.8) is 0 Å². The second kappa shape index (κ2) is 5.87. The summed E-state index contributed by atoms with van der Waals surface area (Å²) >= 11 is 0.396. The van der Waals surface area contributed by atoms with Crippen LogP contribution in [0, 0.1) is 0 Å². The minimum absolute atomic E-state index is 0.396. The van der Waals surface area contributed by atoms with E-state index in [1.165, 1.54) is 15.3 Å². The average molecular weight is 311 g/mol. The topological polar surface area (TPSA) is 25.4 Å². The Kier molecular flexibility index (Phi) is 4.44. The van der Waals surface area contributed by atoms with Gasteiger partial charge in [-0.3, -0.25) is 0 Å². The number of nitrogens with zero attached hydrogens (tertiary/aromatic N) is 2. The molecule has 2 rings (SSSR count). The first-order chi connectivity index (χ1) is 8.61. The molecule has 0 aromatic carbocycles. The van der Waals surface area contributed by atoms with Gasteiger partial charge >= 0.3 is 114 Å². The molecule has 3 nitrogen and oxygen atoms in total. The standard InChI is InChI=1S/C14H20N2OSe/c1-10(2)16(3)6-5-11-9-18-14-13(11)7-12(17-4)8-15-14/h7-10H,5-6H2,1-4H3. The van der Waals surface area contributed by atoms with Crippen LogP contribution in [0.1, 0.15) is 19.4 Å². The van der Waals surface area contributed by atoms with Crippen molar-refractivity contribution < 1.29 is 4.74 Å². The molecular formula is C14H20N2OSe. The molecule has 0 aliphatic carbocycles. The van der Waals surface area contributed by atoms with Gasteiger partial charge in [-0.15, -0.1) is 0 Å². The first-order valence-electron chi connectivity index (χ1n) is 6.22. The molecule has 0 spiro atoms. The summed E-state index contributed by atoms with van der Waals surface area (Å²) in [6, 6.07) is 2.72. The van der Waals surface area contributed by atoms with E-state index in [1.807, 2.05) is 6.20 Å². The van der Waals surface area contributed by atoms with Crippen LogP contribution in [0.2, 0.25) is 0 Å². The minimum atomic E-state index is 0.396. The van der Waals surface area contributed by atoms with Gasteiger partial charge in [0.1, 0.15) is 0 Å². The number of methoxy groups -OCH3 is 1. The molecule has 0 radical (unpaired) electrons. The van der Waals surface area contributed by atoms with E-state index in [0.29, 0.717) is 20.5 Å². The fourth-order valence-electron chi connectivity index (χ4n) is 1.81. The molecule has 0 atom stereocenters. The maximum absolute atomic E-state index is 5.26. The van der Waals surface area contributed by atoms with Crippen molar-refractivity contribution >= 4 is 24.3 Å². The second-order valence-corrected chi connectivity index (χ2v) is 6.61. The van der Waals surface area contributed by atoms with Crippen molar-refractivity contribution in [2.75, 3.05) is 20.7 Å². The number of likely N-dealkylation sites (N-methyl/N-ethyl adjacent to an activating group) is 1. The predicted molar refractivity (Wildman–Crippen MR) is 76.7 cm³/mol. The fourth-order valence-corrected chi connectivity index (χ4v) is 3.76. The van der Waals surface area contributed by atoms with E-state index >= 15 is 0 Å². The van der Waals surface area contributed by atoms with Crippen molar-refractivity contribution in [1.29, 1.82) is 0 Å². The van der Waals surface area contributed by atoms with Crippen molar-refractivity contribution in [1.82, 2.24) is 9.88 Å². The zero-order chi connectivity index (χ0) is 13.1. The average Bonchev–Trinajstić information content (AvgIpc) is 2.77. The summed E-state index contributed by atoms with van der Waals surface area (Å²) in [6.07, 6.45) is 2.91. The quantitative estimate of drug-likeness (QED) is 0.792. The van der Waals surface area contributed by atoms with Gasteiger partial charge in [0.05, 0.1) is 0 Å². The third-order valence-electron chi connectivity index (χ3n) is 3.34. The monoisotopic (exact) mass is 312 g/mol. The van der Waals surface area contributed by atoms with Gasteiger partial charge in [0.15, 0.2) is 0 Å². The first-order valence-corrected chi connectivity index (χ1v) is 8.06. The Morgan fingerprint density at radius 3 is 2.89 bits per heavy atom. The molecule has 0 fully saturated rings. The molecule has 4 heteroatoms. The molecule has 0 bridgehead atoms. The molecule has 2 aromatic rings.